The third-order valence-corrected chi connectivity index (χ3v) is 1.57. The lowest BCUT2D eigenvalue weighted by Gasteiger charge is -2.05. The van der Waals surface area contributed by atoms with Crippen LogP contribution in [0.4, 0.5) is 0 Å². The first-order valence-electron chi connectivity index (χ1n) is 4.30. The summed E-state index contributed by atoms with van der Waals surface area (Å²) in [5.41, 5.74) is 0. The number of likely N-dealkylation sites (N-methyl/N-ethyl adjacent to an activating group) is 1. The van der Waals surface area contributed by atoms with Crippen LogP contribution in [-0.2, 0) is 14.3 Å². The van der Waals surface area contributed by atoms with E-state index < -0.39 is 11.9 Å². The molecule has 1 aromatic rings. The van der Waals surface area contributed by atoms with E-state index in [1.807, 2.05) is 6.07 Å². The zero-order chi connectivity index (χ0) is 11.1. The second-order valence-electron chi connectivity index (χ2n) is 2.59. The minimum Gasteiger partial charge on any atom is -0.457 e. The standard InChI is InChI=1S/C10H11NO4/c1-11-9(12)10(13)15-7-14-8-5-3-2-4-6-8/h2-6H,7H2,1H3,(H,11,12). The molecule has 1 amide bonds. The van der Waals surface area contributed by atoms with Crippen molar-refractivity contribution in [1.82, 2.24) is 5.32 Å². The van der Waals surface area contributed by atoms with Gasteiger partial charge >= 0.3 is 11.9 Å². The van der Waals surface area contributed by atoms with Crippen LogP contribution in [0.25, 0.3) is 0 Å². The minimum absolute atomic E-state index is 0.281. The molecule has 1 rings (SSSR count). The van der Waals surface area contributed by atoms with Crippen LogP contribution >= 0.6 is 0 Å². The molecule has 0 radical (unpaired) electrons. The van der Waals surface area contributed by atoms with E-state index in [4.69, 9.17) is 4.74 Å². The predicted octanol–water partition coefficient (Wildman–Crippen LogP) is 0.312. The fraction of sp³-hybridized carbons (Fsp3) is 0.200. The van der Waals surface area contributed by atoms with Crippen LogP contribution in [0.2, 0.25) is 0 Å². The van der Waals surface area contributed by atoms with E-state index in [9.17, 15) is 9.59 Å². The summed E-state index contributed by atoms with van der Waals surface area (Å²) in [6.45, 7) is -0.281. The molecule has 0 bridgehead atoms. The fourth-order valence-corrected chi connectivity index (χ4v) is 0.835. The van der Waals surface area contributed by atoms with E-state index in [-0.39, 0.29) is 6.79 Å². The summed E-state index contributed by atoms with van der Waals surface area (Å²) in [7, 11) is 1.35. The Morgan fingerprint density at radius 2 is 1.93 bits per heavy atom. The Kier molecular flexibility index (Phi) is 4.15. The van der Waals surface area contributed by atoms with Gasteiger partial charge in [0.25, 0.3) is 0 Å². The maximum Gasteiger partial charge on any atom is 0.399 e. The Morgan fingerprint density at radius 3 is 2.53 bits per heavy atom. The van der Waals surface area contributed by atoms with Gasteiger partial charge < -0.3 is 14.8 Å². The molecule has 0 aromatic heterocycles. The van der Waals surface area contributed by atoms with Crippen LogP contribution in [0.15, 0.2) is 30.3 Å². The normalized spacial score (nSPS) is 9.13. The van der Waals surface area contributed by atoms with E-state index in [0.29, 0.717) is 5.75 Å². The van der Waals surface area contributed by atoms with Gasteiger partial charge in [-0.1, -0.05) is 18.2 Å². The molecule has 0 unspecified atom stereocenters. The first-order valence-corrected chi connectivity index (χ1v) is 4.30. The lowest BCUT2D eigenvalue weighted by molar-refractivity contribution is -0.159. The molecule has 1 aromatic carbocycles. The molecule has 80 valence electrons. The van der Waals surface area contributed by atoms with Gasteiger partial charge in [0, 0.05) is 7.05 Å². The summed E-state index contributed by atoms with van der Waals surface area (Å²) >= 11 is 0. The number of benzene rings is 1. The van der Waals surface area contributed by atoms with E-state index in [1.54, 1.807) is 24.3 Å². The van der Waals surface area contributed by atoms with E-state index in [2.05, 4.69) is 10.1 Å². The molecule has 0 heterocycles. The molecule has 0 spiro atoms. The molecule has 5 nitrogen and oxygen atoms in total. The van der Waals surface area contributed by atoms with E-state index in [0.717, 1.165) is 0 Å². The zero-order valence-electron chi connectivity index (χ0n) is 8.23. The predicted molar refractivity (Wildman–Crippen MR) is 52.1 cm³/mol. The van der Waals surface area contributed by atoms with Crippen molar-refractivity contribution in [3.05, 3.63) is 30.3 Å². The Hall–Kier alpha value is -2.04. The summed E-state index contributed by atoms with van der Waals surface area (Å²) in [6.07, 6.45) is 0. The maximum absolute atomic E-state index is 10.9. The van der Waals surface area contributed by atoms with Gasteiger partial charge in [-0.3, -0.25) is 4.79 Å². The number of para-hydroxylation sites is 1. The van der Waals surface area contributed by atoms with Gasteiger partial charge in [-0.15, -0.1) is 0 Å². The highest BCUT2D eigenvalue weighted by molar-refractivity contribution is 6.32. The van der Waals surface area contributed by atoms with E-state index >= 15 is 0 Å². The summed E-state index contributed by atoms with van der Waals surface area (Å²) in [5.74, 6) is -1.19. The molecule has 0 aliphatic rings. The van der Waals surface area contributed by atoms with Crippen LogP contribution < -0.4 is 10.1 Å². The van der Waals surface area contributed by atoms with E-state index in [1.165, 1.54) is 7.05 Å². The zero-order valence-corrected chi connectivity index (χ0v) is 8.23. The van der Waals surface area contributed by atoms with Crippen LogP contribution in [0.1, 0.15) is 0 Å². The van der Waals surface area contributed by atoms with Gasteiger partial charge in [0.1, 0.15) is 5.75 Å². The Morgan fingerprint density at radius 1 is 1.27 bits per heavy atom. The van der Waals surface area contributed by atoms with Crippen molar-refractivity contribution < 1.29 is 19.1 Å². The van der Waals surface area contributed by atoms with Crippen LogP contribution in [0, 0.1) is 0 Å². The number of hydrogen-bond donors (Lipinski definition) is 1. The molecule has 15 heavy (non-hydrogen) atoms. The molecule has 0 aliphatic carbocycles. The second kappa shape index (κ2) is 5.64. The summed E-state index contributed by atoms with van der Waals surface area (Å²) in [6, 6.07) is 8.84. The van der Waals surface area contributed by atoms with Crippen molar-refractivity contribution in [2.45, 2.75) is 0 Å². The van der Waals surface area contributed by atoms with Gasteiger partial charge in [-0.05, 0) is 12.1 Å². The number of carbonyl (C=O) groups excluding carboxylic acids is 2. The first-order chi connectivity index (χ1) is 7.24. The second-order valence-corrected chi connectivity index (χ2v) is 2.59. The Bertz CT molecular complexity index is 337. The highest BCUT2D eigenvalue weighted by Gasteiger charge is 2.12. The lowest BCUT2D eigenvalue weighted by Crippen LogP contribution is -2.30. The molecular formula is C10H11NO4. The van der Waals surface area contributed by atoms with Gasteiger partial charge in [0.2, 0.25) is 6.79 Å². The van der Waals surface area contributed by atoms with Crippen LogP contribution in [-0.4, -0.2) is 25.7 Å². The smallest absolute Gasteiger partial charge is 0.399 e. The molecule has 1 N–H and O–H groups in total. The van der Waals surface area contributed by atoms with Crippen LogP contribution in [0.3, 0.4) is 0 Å². The number of amides is 1. The number of ether oxygens (including phenoxy) is 2. The highest BCUT2D eigenvalue weighted by Crippen LogP contribution is 2.07. The third kappa shape index (κ3) is 3.68. The summed E-state index contributed by atoms with van der Waals surface area (Å²) in [4.78, 5) is 21.6. The molecule has 0 fully saturated rings. The van der Waals surface area contributed by atoms with Gasteiger partial charge in [-0.2, -0.15) is 0 Å². The highest BCUT2D eigenvalue weighted by atomic mass is 16.7. The number of rotatable bonds is 3. The minimum atomic E-state index is -0.964. The molecule has 0 atom stereocenters. The fourth-order valence-electron chi connectivity index (χ4n) is 0.835. The van der Waals surface area contributed by atoms with Crippen molar-refractivity contribution >= 4 is 11.9 Å². The van der Waals surface area contributed by atoms with Crippen LogP contribution in [0.5, 0.6) is 5.75 Å². The number of esters is 1. The van der Waals surface area contributed by atoms with Crippen molar-refractivity contribution in [3.8, 4) is 5.75 Å². The third-order valence-electron chi connectivity index (χ3n) is 1.57. The van der Waals surface area contributed by atoms with Gasteiger partial charge in [0.05, 0.1) is 0 Å². The number of carbonyl (C=O) groups is 2. The largest absolute Gasteiger partial charge is 0.457 e. The molecule has 0 saturated heterocycles. The maximum atomic E-state index is 10.9. The quantitative estimate of drug-likeness (QED) is 0.442. The first kappa shape index (κ1) is 11.0. The summed E-state index contributed by atoms with van der Waals surface area (Å²) in [5, 5.41) is 2.14. The Balaban J connectivity index is 2.28. The van der Waals surface area contributed by atoms with Gasteiger partial charge in [0.15, 0.2) is 0 Å². The Labute approximate surface area is 87.0 Å². The molecule has 0 saturated carbocycles. The molecule has 0 aliphatic heterocycles. The number of nitrogens with one attached hydrogen (secondary N) is 1. The SMILES string of the molecule is CNC(=O)C(=O)OCOc1ccccc1. The van der Waals surface area contributed by atoms with Crippen molar-refractivity contribution in [1.29, 1.82) is 0 Å². The lowest BCUT2D eigenvalue weighted by atomic mass is 10.3. The topological polar surface area (TPSA) is 64.6 Å². The van der Waals surface area contributed by atoms with Gasteiger partial charge in [-0.25, -0.2) is 4.79 Å². The molecule has 5 heteroatoms. The average molecular weight is 209 g/mol. The monoisotopic (exact) mass is 209 g/mol. The van der Waals surface area contributed by atoms with Crippen molar-refractivity contribution in [2.24, 2.45) is 0 Å². The average Bonchev–Trinajstić information content (AvgIpc) is 2.29. The summed E-state index contributed by atoms with van der Waals surface area (Å²) < 4.78 is 9.57. The van der Waals surface area contributed by atoms with Crippen molar-refractivity contribution in [3.63, 3.8) is 0 Å². The van der Waals surface area contributed by atoms with Crippen molar-refractivity contribution in [2.75, 3.05) is 13.8 Å². The number of hydrogen-bond acceptors (Lipinski definition) is 4. The molecular weight excluding hydrogens is 198 g/mol.